The minimum atomic E-state index is 0.227. The molecule has 1 aliphatic heterocycles. The third kappa shape index (κ3) is 3.66. The molecule has 1 unspecified atom stereocenters. The van der Waals surface area contributed by atoms with Crippen LogP contribution >= 0.6 is 11.8 Å². The Morgan fingerprint density at radius 3 is 2.67 bits per heavy atom. The number of hydrogen-bond donors (Lipinski definition) is 1. The quantitative estimate of drug-likeness (QED) is 0.898. The molecule has 0 saturated carbocycles. The highest BCUT2D eigenvalue weighted by atomic mass is 32.2. The zero-order valence-electron chi connectivity index (χ0n) is 11.5. The fraction of sp³-hybridized carbons (Fsp3) is 0.600. The highest BCUT2D eigenvalue weighted by Crippen LogP contribution is 2.29. The van der Waals surface area contributed by atoms with Gasteiger partial charge in [-0.15, -0.1) is 0 Å². The number of hydrogen-bond acceptors (Lipinski definition) is 3. The Morgan fingerprint density at radius 1 is 1.33 bits per heavy atom. The second-order valence-electron chi connectivity index (χ2n) is 5.51. The monoisotopic (exact) mass is 265 g/mol. The average Bonchev–Trinajstić information content (AvgIpc) is 2.36. The summed E-state index contributed by atoms with van der Waals surface area (Å²) >= 11 is 2.03. The van der Waals surface area contributed by atoms with Crippen LogP contribution in [0, 0.1) is 0 Å². The van der Waals surface area contributed by atoms with Crippen molar-refractivity contribution >= 4 is 11.8 Å². The van der Waals surface area contributed by atoms with Gasteiger partial charge in [-0.25, -0.2) is 0 Å². The second kappa shape index (κ2) is 5.98. The molecule has 1 heterocycles. The lowest BCUT2D eigenvalue weighted by molar-refractivity contribution is 0.317. The van der Waals surface area contributed by atoms with E-state index in [-0.39, 0.29) is 5.54 Å². The van der Waals surface area contributed by atoms with Gasteiger partial charge in [-0.2, -0.15) is 11.8 Å². The van der Waals surface area contributed by atoms with Crippen LogP contribution in [0.25, 0.3) is 0 Å². The number of nitrogens with one attached hydrogen (secondary N) is 1. The molecule has 1 fully saturated rings. The summed E-state index contributed by atoms with van der Waals surface area (Å²) < 4.78 is 5.61. The van der Waals surface area contributed by atoms with Crippen molar-refractivity contribution in [3.05, 3.63) is 29.8 Å². The maximum atomic E-state index is 5.61. The van der Waals surface area contributed by atoms with E-state index in [4.69, 9.17) is 4.74 Å². The van der Waals surface area contributed by atoms with Gasteiger partial charge >= 0.3 is 0 Å². The van der Waals surface area contributed by atoms with E-state index in [1.807, 2.05) is 11.8 Å². The lowest BCUT2D eigenvalue weighted by atomic mass is 10.0. The maximum absolute atomic E-state index is 5.61. The number of thioether (sulfide) groups is 1. The third-order valence-corrected chi connectivity index (χ3v) is 4.56. The van der Waals surface area contributed by atoms with Gasteiger partial charge < -0.3 is 10.1 Å². The van der Waals surface area contributed by atoms with Crippen molar-refractivity contribution in [1.29, 1.82) is 0 Å². The molecular weight excluding hydrogens is 242 g/mol. The normalized spacial score (nSPS) is 22.7. The standard InChI is InChI=1S/C15H23NOS/c1-4-9-17-13-7-5-12(6-8-13)14-10-18-11-15(2,3)16-14/h5-8,14,16H,4,9-11H2,1-3H3. The molecule has 0 spiro atoms. The molecule has 1 saturated heterocycles. The zero-order chi connectivity index (χ0) is 13.0. The van der Waals surface area contributed by atoms with Crippen molar-refractivity contribution in [2.75, 3.05) is 18.1 Å². The fourth-order valence-electron chi connectivity index (χ4n) is 2.18. The van der Waals surface area contributed by atoms with Gasteiger partial charge in [0.2, 0.25) is 0 Å². The predicted octanol–water partition coefficient (Wildman–Crippen LogP) is 3.63. The molecule has 0 aliphatic carbocycles. The molecule has 0 radical (unpaired) electrons. The van der Waals surface area contributed by atoms with Crippen LogP contribution in [-0.4, -0.2) is 23.7 Å². The molecule has 3 heteroatoms. The van der Waals surface area contributed by atoms with Crippen LogP contribution in [0.1, 0.15) is 38.8 Å². The molecule has 1 aromatic rings. The maximum Gasteiger partial charge on any atom is 0.119 e. The molecule has 1 aliphatic rings. The summed E-state index contributed by atoms with van der Waals surface area (Å²) in [7, 11) is 0. The van der Waals surface area contributed by atoms with E-state index in [1.54, 1.807) is 0 Å². The molecule has 0 amide bonds. The molecule has 1 aromatic carbocycles. The first-order valence-corrected chi connectivity index (χ1v) is 7.84. The van der Waals surface area contributed by atoms with Gasteiger partial charge in [-0.05, 0) is 38.0 Å². The molecule has 1 N–H and O–H groups in total. The van der Waals surface area contributed by atoms with E-state index in [9.17, 15) is 0 Å². The molecule has 2 nitrogen and oxygen atoms in total. The SMILES string of the molecule is CCCOc1ccc(C2CSCC(C)(C)N2)cc1. The van der Waals surface area contributed by atoms with Gasteiger partial charge in [-0.1, -0.05) is 19.1 Å². The van der Waals surface area contributed by atoms with Crippen molar-refractivity contribution < 1.29 is 4.74 Å². The van der Waals surface area contributed by atoms with E-state index >= 15 is 0 Å². The van der Waals surface area contributed by atoms with Crippen LogP contribution in [0.4, 0.5) is 0 Å². The van der Waals surface area contributed by atoms with Crippen molar-refractivity contribution in [3.63, 3.8) is 0 Å². The summed E-state index contributed by atoms with van der Waals surface area (Å²) in [4.78, 5) is 0. The van der Waals surface area contributed by atoms with Crippen LogP contribution in [0.3, 0.4) is 0 Å². The van der Waals surface area contributed by atoms with Gasteiger partial charge in [-0.3, -0.25) is 0 Å². The first-order chi connectivity index (χ1) is 8.61. The first kappa shape index (κ1) is 13.8. The summed E-state index contributed by atoms with van der Waals surface area (Å²) in [5.74, 6) is 3.31. The van der Waals surface area contributed by atoms with Gasteiger partial charge in [0.1, 0.15) is 5.75 Å². The number of ether oxygens (including phenoxy) is 1. The highest BCUT2D eigenvalue weighted by molar-refractivity contribution is 7.99. The third-order valence-electron chi connectivity index (χ3n) is 3.07. The summed E-state index contributed by atoms with van der Waals surface area (Å²) in [6, 6.07) is 8.99. The molecule has 2 rings (SSSR count). The Labute approximate surface area is 114 Å². The summed E-state index contributed by atoms with van der Waals surface area (Å²) in [6.45, 7) is 7.46. The van der Waals surface area contributed by atoms with Crippen LogP contribution in [0.2, 0.25) is 0 Å². The largest absolute Gasteiger partial charge is 0.494 e. The van der Waals surface area contributed by atoms with Crippen molar-refractivity contribution in [2.45, 2.75) is 38.8 Å². The van der Waals surface area contributed by atoms with Crippen LogP contribution in [0.5, 0.6) is 5.75 Å². The predicted molar refractivity (Wildman–Crippen MR) is 79.5 cm³/mol. The molecule has 18 heavy (non-hydrogen) atoms. The molecule has 100 valence electrons. The van der Waals surface area contributed by atoms with E-state index in [1.165, 1.54) is 11.3 Å². The number of benzene rings is 1. The first-order valence-electron chi connectivity index (χ1n) is 6.69. The van der Waals surface area contributed by atoms with E-state index in [0.29, 0.717) is 6.04 Å². The van der Waals surface area contributed by atoms with Gasteiger partial charge in [0.25, 0.3) is 0 Å². The fourth-order valence-corrected chi connectivity index (χ4v) is 3.41. The molecule has 0 bridgehead atoms. The van der Waals surface area contributed by atoms with Crippen LogP contribution in [0.15, 0.2) is 24.3 Å². The Bertz CT molecular complexity index is 375. The Balaban J connectivity index is 2.00. The molecule has 1 atom stereocenters. The van der Waals surface area contributed by atoms with Gasteiger partial charge in [0.05, 0.1) is 6.61 Å². The summed E-state index contributed by atoms with van der Waals surface area (Å²) in [6.07, 6.45) is 1.05. The zero-order valence-corrected chi connectivity index (χ0v) is 12.3. The van der Waals surface area contributed by atoms with Crippen LogP contribution < -0.4 is 10.1 Å². The van der Waals surface area contributed by atoms with Crippen LogP contribution in [-0.2, 0) is 0 Å². The average molecular weight is 265 g/mol. The minimum absolute atomic E-state index is 0.227. The van der Waals surface area contributed by atoms with Crippen molar-refractivity contribution in [3.8, 4) is 5.75 Å². The van der Waals surface area contributed by atoms with E-state index in [2.05, 4.69) is 50.4 Å². The highest BCUT2D eigenvalue weighted by Gasteiger charge is 2.27. The lowest BCUT2D eigenvalue weighted by Crippen LogP contribution is -2.48. The summed E-state index contributed by atoms with van der Waals surface area (Å²) in [5, 5.41) is 3.71. The van der Waals surface area contributed by atoms with Crippen molar-refractivity contribution in [2.24, 2.45) is 0 Å². The van der Waals surface area contributed by atoms with E-state index < -0.39 is 0 Å². The smallest absolute Gasteiger partial charge is 0.119 e. The Kier molecular flexibility index (Phi) is 4.57. The lowest BCUT2D eigenvalue weighted by Gasteiger charge is -2.37. The van der Waals surface area contributed by atoms with Gasteiger partial charge in [0, 0.05) is 23.1 Å². The molecular formula is C15H23NOS. The minimum Gasteiger partial charge on any atom is -0.494 e. The van der Waals surface area contributed by atoms with Gasteiger partial charge in [0.15, 0.2) is 0 Å². The summed E-state index contributed by atoms with van der Waals surface area (Å²) in [5.41, 5.74) is 1.59. The topological polar surface area (TPSA) is 21.3 Å². The molecule has 0 aromatic heterocycles. The second-order valence-corrected chi connectivity index (χ2v) is 6.54. The Morgan fingerprint density at radius 2 is 2.06 bits per heavy atom. The van der Waals surface area contributed by atoms with E-state index in [0.717, 1.165) is 24.5 Å². The van der Waals surface area contributed by atoms with Crippen molar-refractivity contribution in [1.82, 2.24) is 5.32 Å². The Hall–Kier alpha value is -0.670. The number of rotatable bonds is 4.